The van der Waals surface area contributed by atoms with E-state index in [0.29, 0.717) is 13.0 Å². The van der Waals surface area contributed by atoms with Crippen molar-refractivity contribution in [1.82, 2.24) is 41.5 Å². The Hall–Kier alpha value is -4.36. The number of likely N-dealkylation sites (tertiary alicyclic amines) is 1. The Morgan fingerprint density at radius 1 is 0.960 bits per heavy atom. The second-order valence-electron chi connectivity index (χ2n) is 14.3. The number of aromatic nitrogens is 2. The van der Waals surface area contributed by atoms with Crippen molar-refractivity contribution < 1.29 is 28.8 Å². The van der Waals surface area contributed by atoms with Crippen molar-refractivity contribution in [3.63, 3.8) is 0 Å². The molecule has 6 amide bonds. The normalized spacial score (nSPS) is 23.5. The first-order valence-electron chi connectivity index (χ1n) is 18.4. The third-order valence-corrected chi connectivity index (χ3v) is 10.6. The first kappa shape index (κ1) is 36.9. The van der Waals surface area contributed by atoms with Gasteiger partial charge in [-0.2, -0.15) is 0 Å². The van der Waals surface area contributed by atoms with Crippen molar-refractivity contribution >= 4 is 35.4 Å². The van der Waals surface area contributed by atoms with Crippen LogP contribution < -0.4 is 26.6 Å². The summed E-state index contributed by atoms with van der Waals surface area (Å²) in [6, 6.07) is -3.10. The van der Waals surface area contributed by atoms with Gasteiger partial charge in [0.05, 0.1) is 6.20 Å². The molecule has 0 unspecified atom stereocenters. The lowest BCUT2D eigenvalue weighted by molar-refractivity contribution is -0.143. The van der Waals surface area contributed by atoms with Gasteiger partial charge in [-0.15, -0.1) is 0 Å². The molecule has 1 aliphatic heterocycles. The zero-order valence-electron chi connectivity index (χ0n) is 29.0. The van der Waals surface area contributed by atoms with Crippen LogP contribution in [-0.2, 0) is 24.0 Å². The summed E-state index contributed by atoms with van der Waals surface area (Å²) < 4.78 is 0. The molecule has 14 nitrogen and oxygen atoms in total. The van der Waals surface area contributed by atoms with Crippen molar-refractivity contribution in [2.24, 2.45) is 17.8 Å². The summed E-state index contributed by atoms with van der Waals surface area (Å²) in [7, 11) is 0. The fraction of sp³-hybridized carbons (Fsp3) is 0.667. The quantitative estimate of drug-likeness (QED) is 0.161. The zero-order chi connectivity index (χ0) is 35.6. The molecule has 1 aromatic rings. The number of hydrogen-bond acceptors (Lipinski definition) is 8. The molecule has 0 radical (unpaired) electrons. The third kappa shape index (κ3) is 9.66. The smallest absolute Gasteiger partial charge is 0.272 e. The Kier molecular flexibility index (Phi) is 12.9. The second-order valence-corrected chi connectivity index (χ2v) is 14.3. The molecule has 3 aliphatic carbocycles. The van der Waals surface area contributed by atoms with Gasteiger partial charge in [0.25, 0.3) is 5.91 Å². The minimum atomic E-state index is -1.21. The van der Waals surface area contributed by atoms with Gasteiger partial charge in [-0.3, -0.25) is 33.8 Å². The van der Waals surface area contributed by atoms with Gasteiger partial charge in [-0.1, -0.05) is 45.6 Å². The SMILES string of the molecule is C=CC(=O)NC[C@H](NC(=O)[C@@H](NC(=O)c1cnccn1)C1CCCCC1)C(=O)N1C[C@@H]2CCC[C@@H]2[C@H]1C(=O)N[C@H](CCC)CC(=O)NC1CC1. The molecule has 5 rings (SSSR count). The number of hydrogen-bond donors (Lipinski definition) is 5. The van der Waals surface area contributed by atoms with Crippen molar-refractivity contribution in [3.05, 3.63) is 36.9 Å². The number of amides is 6. The summed E-state index contributed by atoms with van der Waals surface area (Å²) in [4.78, 5) is 90.3. The zero-order valence-corrected chi connectivity index (χ0v) is 29.0. The minimum absolute atomic E-state index is 0.0538. The Labute approximate surface area is 293 Å². The summed E-state index contributed by atoms with van der Waals surface area (Å²) in [6.07, 6.45) is 15.7. The summed E-state index contributed by atoms with van der Waals surface area (Å²) in [6.45, 7) is 5.61. The molecule has 3 saturated carbocycles. The van der Waals surface area contributed by atoms with Crippen LogP contribution in [0, 0.1) is 17.8 Å². The third-order valence-electron chi connectivity index (χ3n) is 10.6. The van der Waals surface area contributed by atoms with Crippen LogP contribution in [0.5, 0.6) is 0 Å². The summed E-state index contributed by atoms with van der Waals surface area (Å²) in [5.74, 6) is -2.60. The van der Waals surface area contributed by atoms with E-state index >= 15 is 0 Å². The molecule has 272 valence electrons. The molecular formula is C36H52N8O6. The standard InChI is InChI=1S/C36H52N8O6/c1-3-9-25(18-30(46)40-24-14-15-24)41-35(49)32-26-13-8-12-23(26)21-44(32)36(50)28(20-39-29(45)4-2)42-34(48)31(22-10-6-5-7-11-22)43-33(47)27-19-37-16-17-38-27/h4,16-17,19,22-26,28,31-32H,2-3,5-15,18,20-21H2,1H3,(H,39,45)(H,40,46)(H,41,49)(H,42,48)(H,43,47)/t23-,25+,26-,28-,31-,32-/m0/s1. The molecule has 1 aromatic heterocycles. The fourth-order valence-electron chi connectivity index (χ4n) is 7.90. The highest BCUT2D eigenvalue weighted by Gasteiger charge is 2.51. The number of nitrogens with one attached hydrogen (secondary N) is 5. The molecule has 50 heavy (non-hydrogen) atoms. The number of fused-ring (bicyclic) bond motifs is 1. The van der Waals surface area contributed by atoms with Gasteiger partial charge in [0, 0.05) is 44.0 Å². The number of rotatable bonds is 16. The van der Waals surface area contributed by atoms with Gasteiger partial charge >= 0.3 is 0 Å². The van der Waals surface area contributed by atoms with Gasteiger partial charge in [-0.25, -0.2) is 4.98 Å². The van der Waals surface area contributed by atoms with E-state index in [4.69, 9.17) is 0 Å². The van der Waals surface area contributed by atoms with Crippen LogP contribution in [0.25, 0.3) is 0 Å². The molecule has 4 fully saturated rings. The van der Waals surface area contributed by atoms with E-state index in [9.17, 15) is 28.8 Å². The number of carbonyl (C=O) groups is 6. The monoisotopic (exact) mass is 692 g/mol. The van der Waals surface area contributed by atoms with Gasteiger partial charge < -0.3 is 31.5 Å². The van der Waals surface area contributed by atoms with Crippen LogP contribution in [0.3, 0.4) is 0 Å². The molecule has 14 heteroatoms. The maximum Gasteiger partial charge on any atom is 0.272 e. The molecule has 0 spiro atoms. The minimum Gasteiger partial charge on any atom is -0.353 e. The van der Waals surface area contributed by atoms with Gasteiger partial charge in [-0.05, 0) is 68.8 Å². The van der Waals surface area contributed by atoms with Crippen LogP contribution in [0.2, 0.25) is 0 Å². The fourth-order valence-corrected chi connectivity index (χ4v) is 7.90. The van der Waals surface area contributed by atoms with E-state index < -0.39 is 41.8 Å². The Morgan fingerprint density at radius 3 is 2.42 bits per heavy atom. The van der Waals surface area contributed by atoms with E-state index in [-0.39, 0.29) is 60.3 Å². The van der Waals surface area contributed by atoms with Crippen LogP contribution in [0.4, 0.5) is 0 Å². The van der Waals surface area contributed by atoms with E-state index in [1.807, 2.05) is 6.92 Å². The molecule has 0 aromatic carbocycles. The average molecular weight is 693 g/mol. The molecule has 1 saturated heterocycles. The molecule has 2 heterocycles. The molecule has 5 N–H and O–H groups in total. The Morgan fingerprint density at radius 2 is 1.74 bits per heavy atom. The van der Waals surface area contributed by atoms with Crippen LogP contribution in [0.1, 0.15) is 101 Å². The second kappa shape index (κ2) is 17.5. The first-order valence-corrected chi connectivity index (χ1v) is 18.4. The summed E-state index contributed by atoms with van der Waals surface area (Å²) in [5, 5.41) is 14.4. The summed E-state index contributed by atoms with van der Waals surface area (Å²) >= 11 is 0. The predicted octanol–water partition coefficient (Wildman–Crippen LogP) is 1.52. The first-order chi connectivity index (χ1) is 24.2. The highest BCUT2D eigenvalue weighted by Crippen LogP contribution is 2.42. The van der Waals surface area contributed by atoms with Gasteiger partial charge in [0.15, 0.2) is 0 Å². The molecular weight excluding hydrogens is 640 g/mol. The molecule has 4 aliphatic rings. The van der Waals surface area contributed by atoms with Crippen molar-refractivity contribution in [2.75, 3.05) is 13.1 Å². The van der Waals surface area contributed by atoms with E-state index in [2.05, 4.69) is 43.1 Å². The lowest BCUT2D eigenvalue weighted by Gasteiger charge is -2.34. The largest absolute Gasteiger partial charge is 0.353 e. The van der Waals surface area contributed by atoms with Crippen LogP contribution in [-0.4, -0.2) is 93.6 Å². The summed E-state index contributed by atoms with van der Waals surface area (Å²) in [5.41, 5.74) is 0.0656. The highest BCUT2D eigenvalue weighted by atomic mass is 16.2. The van der Waals surface area contributed by atoms with Crippen molar-refractivity contribution in [1.29, 1.82) is 0 Å². The lowest BCUT2D eigenvalue weighted by Crippen LogP contribution is -2.61. The van der Waals surface area contributed by atoms with Gasteiger partial charge in [0.2, 0.25) is 29.5 Å². The van der Waals surface area contributed by atoms with Crippen LogP contribution >= 0.6 is 0 Å². The number of carbonyl (C=O) groups excluding carboxylic acids is 6. The lowest BCUT2D eigenvalue weighted by atomic mass is 9.83. The van der Waals surface area contributed by atoms with Gasteiger partial charge in [0.1, 0.15) is 23.8 Å². The van der Waals surface area contributed by atoms with E-state index in [1.54, 1.807) is 4.90 Å². The van der Waals surface area contributed by atoms with Crippen molar-refractivity contribution in [2.45, 2.75) is 121 Å². The Balaban J connectivity index is 1.35. The molecule has 6 atom stereocenters. The topological polar surface area (TPSA) is 192 Å². The van der Waals surface area contributed by atoms with E-state index in [1.165, 1.54) is 18.6 Å². The number of nitrogens with zero attached hydrogens (tertiary/aromatic N) is 3. The average Bonchev–Trinajstić information content (AvgIpc) is 3.68. The van der Waals surface area contributed by atoms with Crippen LogP contribution in [0.15, 0.2) is 31.2 Å². The highest BCUT2D eigenvalue weighted by molar-refractivity contribution is 5.98. The van der Waals surface area contributed by atoms with E-state index in [0.717, 1.165) is 76.7 Å². The molecule has 0 bridgehead atoms. The van der Waals surface area contributed by atoms with Crippen molar-refractivity contribution in [3.8, 4) is 0 Å². The maximum absolute atomic E-state index is 14.5. The maximum atomic E-state index is 14.5. The predicted molar refractivity (Wildman–Crippen MR) is 184 cm³/mol. The Bertz CT molecular complexity index is 1400.